The lowest BCUT2D eigenvalue weighted by Crippen LogP contribution is -2.80. The fourth-order valence-electron chi connectivity index (χ4n) is 3.24. The molecule has 2 aliphatic heterocycles. The number of β-lactam (4-membered cyclic amide) rings is 1. The highest BCUT2D eigenvalue weighted by molar-refractivity contribution is 8.01. The number of hydrogen-bond acceptors (Lipinski definition) is 6. The van der Waals surface area contributed by atoms with Crippen LogP contribution in [0.25, 0.3) is 0 Å². The molecule has 0 bridgehead atoms. The van der Waals surface area contributed by atoms with Crippen LogP contribution in [0, 0.1) is 0 Å². The number of phenolic OH excluding ortho intramolecular Hbond substituents is 1. The summed E-state index contributed by atoms with van der Waals surface area (Å²) in [5.41, 5.74) is -1.36. The molecule has 25 heavy (non-hydrogen) atoms. The third kappa shape index (κ3) is 2.46. The molecule has 3 rings (SSSR count). The van der Waals surface area contributed by atoms with E-state index in [1.165, 1.54) is 48.0 Å². The van der Waals surface area contributed by atoms with Gasteiger partial charge < -0.3 is 25.2 Å². The summed E-state index contributed by atoms with van der Waals surface area (Å²) >= 11 is 1.27. The molecule has 2 heterocycles. The van der Waals surface area contributed by atoms with Gasteiger partial charge in [0.15, 0.2) is 0 Å². The van der Waals surface area contributed by atoms with E-state index in [2.05, 4.69) is 5.32 Å². The van der Waals surface area contributed by atoms with E-state index in [1.54, 1.807) is 13.8 Å². The Hall–Kier alpha value is -2.26. The minimum Gasteiger partial charge on any atom is -0.508 e. The van der Waals surface area contributed by atoms with Crippen LogP contribution in [0.1, 0.15) is 24.2 Å². The molecule has 2 aliphatic rings. The van der Waals surface area contributed by atoms with Crippen LogP contribution in [0.15, 0.2) is 24.3 Å². The molecule has 0 radical (unpaired) electrons. The van der Waals surface area contributed by atoms with Crippen LogP contribution in [0.3, 0.4) is 0 Å². The van der Waals surface area contributed by atoms with Crippen molar-refractivity contribution in [3.8, 4) is 5.75 Å². The van der Waals surface area contributed by atoms with Crippen molar-refractivity contribution in [3.63, 3.8) is 0 Å². The van der Waals surface area contributed by atoms with Gasteiger partial charge in [0.25, 0.3) is 17.5 Å². The van der Waals surface area contributed by atoms with E-state index in [4.69, 9.17) is 4.74 Å². The van der Waals surface area contributed by atoms with Crippen molar-refractivity contribution in [2.75, 3.05) is 7.11 Å². The standard InChI is InChI=1S/C16H18N2O6S/c1-15(2)10(12(21)22)18-13(23)16(24-3,14(18)25-15)17-11(20)8-4-6-9(19)7-5-8/h4-7,10,14,19H,1-3H3,(H,17,20)(H,21,22)/t10-,14+,16+/m0/s1. The van der Waals surface area contributed by atoms with E-state index < -0.39 is 39.7 Å². The van der Waals surface area contributed by atoms with Gasteiger partial charge in [-0.15, -0.1) is 11.8 Å². The molecule has 2 amide bonds. The molecule has 8 nitrogen and oxygen atoms in total. The first-order chi connectivity index (χ1) is 11.6. The van der Waals surface area contributed by atoms with Crippen LogP contribution in [-0.2, 0) is 14.3 Å². The number of aliphatic carboxylic acids is 1. The van der Waals surface area contributed by atoms with Crippen molar-refractivity contribution < 1.29 is 29.3 Å². The first kappa shape index (κ1) is 17.6. The number of rotatable bonds is 4. The summed E-state index contributed by atoms with van der Waals surface area (Å²) in [5, 5.41) is 20.7. The predicted octanol–water partition coefficient (Wildman–Crippen LogP) is 0.612. The van der Waals surface area contributed by atoms with Gasteiger partial charge in [0.1, 0.15) is 17.2 Å². The lowest BCUT2D eigenvalue weighted by molar-refractivity contribution is -0.197. The van der Waals surface area contributed by atoms with Gasteiger partial charge in [0.2, 0.25) is 0 Å². The van der Waals surface area contributed by atoms with Crippen molar-refractivity contribution in [1.82, 2.24) is 10.2 Å². The van der Waals surface area contributed by atoms with Crippen molar-refractivity contribution in [2.24, 2.45) is 0 Å². The molecule has 3 N–H and O–H groups in total. The van der Waals surface area contributed by atoms with Crippen molar-refractivity contribution in [1.29, 1.82) is 0 Å². The van der Waals surface area contributed by atoms with Gasteiger partial charge >= 0.3 is 5.97 Å². The molecule has 2 saturated heterocycles. The maximum absolute atomic E-state index is 12.7. The molecule has 3 atom stereocenters. The average molecular weight is 366 g/mol. The summed E-state index contributed by atoms with van der Waals surface area (Å²) in [6, 6.07) is 4.55. The number of amides is 2. The maximum atomic E-state index is 12.7. The number of carboxylic acids is 1. The first-order valence-electron chi connectivity index (χ1n) is 7.54. The van der Waals surface area contributed by atoms with E-state index in [1.807, 2.05) is 0 Å². The topological polar surface area (TPSA) is 116 Å². The van der Waals surface area contributed by atoms with E-state index in [-0.39, 0.29) is 11.3 Å². The Kier molecular flexibility index (Phi) is 3.96. The molecular weight excluding hydrogens is 348 g/mol. The largest absolute Gasteiger partial charge is 0.508 e. The molecule has 0 aliphatic carbocycles. The fourth-order valence-corrected chi connectivity index (χ4v) is 4.91. The van der Waals surface area contributed by atoms with Gasteiger partial charge in [-0.2, -0.15) is 0 Å². The van der Waals surface area contributed by atoms with E-state index in [9.17, 15) is 24.6 Å². The summed E-state index contributed by atoms with van der Waals surface area (Å²) in [5.74, 6) is -2.21. The Morgan fingerprint density at radius 1 is 1.28 bits per heavy atom. The quantitative estimate of drug-likeness (QED) is 0.528. The average Bonchev–Trinajstić information content (AvgIpc) is 2.82. The van der Waals surface area contributed by atoms with Gasteiger partial charge in [0.05, 0.1) is 0 Å². The number of phenols is 1. The van der Waals surface area contributed by atoms with E-state index >= 15 is 0 Å². The number of aromatic hydroxyl groups is 1. The Morgan fingerprint density at radius 2 is 1.88 bits per heavy atom. The second-order valence-corrected chi connectivity index (χ2v) is 8.20. The zero-order chi connectivity index (χ0) is 18.6. The summed E-state index contributed by atoms with van der Waals surface area (Å²) in [6.07, 6.45) is 0. The Balaban J connectivity index is 1.88. The second kappa shape index (κ2) is 5.63. The molecule has 2 fully saturated rings. The molecule has 9 heteroatoms. The highest BCUT2D eigenvalue weighted by atomic mass is 32.2. The first-order valence-corrected chi connectivity index (χ1v) is 8.42. The fraction of sp³-hybridized carbons (Fsp3) is 0.438. The van der Waals surface area contributed by atoms with Crippen LogP contribution >= 0.6 is 11.8 Å². The lowest BCUT2D eigenvalue weighted by atomic mass is 9.93. The summed E-state index contributed by atoms with van der Waals surface area (Å²) in [4.78, 5) is 38.0. The van der Waals surface area contributed by atoms with E-state index in [0.717, 1.165) is 0 Å². The minimum atomic E-state index is -1.61. The molecule has 0 aromatic heterocycles. The number of hydrogen-bond donors (Lipinski definition) is 3. The number of fused-ring (bicyclic) bond motifs is 1. The number of methoxy groups -OCH3 is 1. The number of nitrogens with one attached hydrogen (secondary N) is 1. The predicted molar refractivity (Wildman–Crippen MR) is 89.0 cm³/mol. The minimum absolute atomic E-state index is 0.0151. The molecule has 1 aromatic carbocycles. The van der Waals surface area contributed by atoms with E-state index in [0.29, 0.717) is 0 Å². The monoisotopic (exact) mass is 366 g/mol. The zero-order valence-electron chi connectivity index (χ0n) is 13.8. The Bertz CT molecular complexity index is 749. The molecule has 1 aromatic rings. The Labute approximate surface area is 148 Å². The highest BCUT2D eigenvalue weighted by Gasteiger charge is 2.73. The number of thioether (sulfide) groups is 1. The number of ether oxygens (including phenoxy) is 1. The number of nitrogens with zero attached hydrogens (tertiary/aromatic N) is 1. The van der Waals surface area contributed by atoms with Crippen LogP contribution in [0.4, 0.5) is 0 Å². The van der Waals surface area contributed by atoms with Crippen molar-refractivity contribution in [3.05, 3.63) is 29.8 Å². The van der Waals surface area contributed by atoms with Gasteiger partial charge in [-0.05, 0) is 38.1 Å². The van der Waals surface area contributed by atoms with Gasteiger partial charge in [-0.1, -0.05) is 0 Å². The number of carboxylic acid groups (broad SMARTS) is 1. The van der Waals surface area contributed by atoms with Crippen LogP contribution in [0.5, 0.6) is 5.75 Å². The normalized spacial score (nSPS) is 29.7. The van der Waals surface area contributed by atoms with Crippen LogP contribution < -0.4 is 5.32 Å². The lowest BCUT2D eigenvalue weighted by Gasteiger charge is -2.51. The second-order valence-electron chi connectivity index (χ2n) is 6.47. The zero-order valence-corrected chi connectivity index (χ0v) is 14.7. The van der Waals surface area contributed by atoms with Crippen LogP contribution in [0.2, 0.25) is 0 Å². The molecule has 134 valence electrons. The third-order valence-electron chi connectivity index (χ3n) is 4.49. The maximum Gasteiger partial charge on any atom is 0.327 e. The molecular formula is C16H18N2O6S. The highest BCUT2D eigenvalue weighted by Crippen LogP contribution is 2.55. The van der Waals surface area contributed by atoms with Gasteiger partial charge in [0, 0.05) is 17.4 Å². The summed E-state index contributed by atoms with van der Waals surface area (Å²) < 4.78 is 4.62. The van der Waals surface area contributed by atoms with Gasteiger partial charge in [-0.3, -0.25) is 9.59 Å². The number of carbonyl (C=O) groups is 3. The summed E-state index contributed by atoms with van der Waals surface area (Å²) in [7, 11) is 1.30. The van der Waals surface area contributed by atoms with Crippen molar-refractivity contribution >= 4 is 29.5 Å². The molecule has 0 spiro atoms. The van der Waals surface area contributed by atoms with Crippen LogP contribution in [-0.4, -0.2) is 61.9 Å². The number of benzene rings is 1. The molecule has 0 unspecified atom stereocenters. The smallest absolute Gasteiger partial charge is 0.327 e. The third-order valence-corrected chi connectivity index (χ3v) is 6.10. The number of carbonyl (C=O) groups excluding carboxylic acids is 2. The summed E-state index contributed by atoms with van der Waals surface area (Å²) in [6.45, 7) is 3.48. The van der Waals surface area contributed by atoms with Gasteiger partial charge in [-0.25, -0.2) is 4.79 Å². The van der Waals surface area contributed by atoms with Crippen molar-refractivity contribution in [2.45, 2.75) is 35.7 Å². The Morgan fingerprint density at radius 3 is 2.40 bits per heavy atom. The SMILES string of the molecule is CO[C@]1(NC(=O)c2ccc(O)cc2)C(=O)N2[C@@H](C(=O)O)C(C)(C)S[C@@H]21. The molecule has 0 saturated carbocycles.